The minimum absolute atomic E-state index is 0. The molecule has 0 spiro atoms. The maximum Gasteiger partial charge on any atom is 0.222 e. The summed E-state index contributed by atoms with van der Waals surface area (Å²) in [7, 11) is 1.96. The Bertz CT molecular complexity index is 164. The summed E-state index contributed by atoms with van der Waals surface area (Å²) in [4.78, 5) is 13.3. The van der Waals surface area contributed by atoms with Gasteiger partial charge in [-0.1, -0.05) is 6.92 Å². The molecule has 0 bridgehead atoms. The molecule has 13 heavy (non-hydrogen) atoms. The van der Waals surface area contributed by atoms with Crippen molar-refractivity contribution in [1.29, 1.82) is 0 Å². The van der Waals surface area contributed by atoms with Gasteiger partial charge < -0.3 is 10.2 Å². The second kappa shape index (κ2) is 6.22. The summed E-state index contributed by atoms with van der Waals surface area (Å²) in [5, 5.41) is 3.22. The summed E-state index contributed by atoms with van der Waals surface area (Å²) in [6.45, 7) is 3.76. The van der Waals surface area contributed by atoms with Crippen molar-refractivity contribution < 1.29 is 4.79 Å². The molecule has 4 heteroatoms. The van der Waals surface area contributed by atoms with E-state index in [9.17, 15) is 4.79 Å². The molecule has 1 heterocycles. The standard InChI is InChI=1S/C9H18N2O.ClH/c1-3-9(12)11-6-4-5-8(7-11)10-2;/h8,10H,3-7H2,1-2H3;1H/t8-;/m0./s1. The molecule has 0 aromatic rings. The van der Waals surface area contributed by atoms with E-state index in [1.165, 1.54) is 6.42 Å². The largest absolute Gasteiger partial charge is 0.341 e. The van der Waals surface area contributed by atoms with E-state index in [4.69, 9.17) is 0 Å². The Hall–Kier alpha value is -0.280. The zero-order valence-corrected chi connectivity index (χ0v) is 9.19. The van der Waals surface area contributed by atoms with Crippen LogP contribution in [0.3, 0.4) is 0 Å². The number of hydrogen-bond donors (Lipinski definition) is 1. The van der Waals surface area contributed by atoms with E-state index in [1.54, 1.807) is 0 Å². The maximum atomic E-state index is 11.3. The van der Waals surface area contributed by atoms with Crippen LogP contribution in [0.2, 0.25) is 0 Å². The zero-order chi connectivity index (χ0) is 8.97. The van der Waals surface area contributed by atoms with Crippen molar-refractivity contribution in [3.8, 4) is 0 Å². The third kappa shape index (κ3) is 3.53. The van der Waals surface area contributed by atoms with E-state index in [-0.39, 0.29) is 18.3 Å². The van der Waals surface area contributed by atoms with Crippen molar-refractivity contribution in [2.45, 2.75) is 32.2 Å². The van der Waals surface area contributed by atoms with Crippen molar-refractivity contribution in [1.82, 2.24) is 10.2 Å². The van der Waals surface area contributed by atoms with Gasteiger partial charge in [0, 0.05) is 25.6 Å². The van der Waals surface area contributed by atoms with E-state index >= 15 is 0 Å². The van der Waals surface area contributed by atoms with Crippen LogP contribution < -0.4 is 5.32 Å². The number of nitrogens with zero attached hydrogens (tertiary/aromatic N) is 1. The molecule has 0 radical (unpaired) electrons. The minimum Gasteiger partial charge on any atom is -0.341 e. The summed E-state index contributed by atoms with van der Waals surface area (Å²) >= 11 is 0. The highest BCUT2D eigenvalue weighted by Gasteiger charge is 2.20. The summed E-state index contributed by atoms with van der Waals surface area (Å²) in [6, 6.07) is 0.509. The van der Waals surface area contributed by atoms with Gasteiger partial charge in [0.05, 0.1) is 0 Å². The number of likely N-dealkylation sites (N-methyl/N-ethyl adjacent to an activating group) is 1. The van der Waals surface area contributed by atoms with Crippen LogP contribution in [0, 0.1) is 0 Å². The second-order valence-electron chi connectivity index (χ2n) is 3.32. The molecular formula is C9H19ClN2O. The second-order valence-corrected chi connectivity index (χ2v) is 3.32. The Labute approximate surface area is 86.3 Å². The molecular weight excluding hydrogens is 188 g/mol. The predicted molar refractivity (Wildman–Crippen MR) is 56.2 cm³/mol. The van der Waals surface area contributed by atoms with Crippen molar-refractivity contribution in [3.05, 3.63) is 0 Å². The van der Waals surface area contributed by atoms with E-state index < -0.39 is 0 Å². The van der Waals surface area contributed by atoms with Crippen LogP contribution in [0.15, 0.2) is 0 Å². The maximum absolute atomic E-state index is 11.3. The van der Waals surface area contributed by atoms with E-state index in [2.05, 4.69) is 5.32 Å². The van der Waals surface area contributed by atoms with Gasteiger partial charge in [-0.2, -0.15) is 0 Å². The summed E-state index contributed by atoms with van der Waals surface area (Å²) in [5.41, 5.74) is 0. The summed E-state index contributed by atoms with van der Waals surface area (Å²) in [6.07, 6.45) is 2.97. The molecule has 1 amide bonds. The van der Waals surface area contributed by atoms with Crippen LogP contribution in [0.1, 0.15) is 26.2 Å². The number of nitrogens with one attached hydrogen (secondary N) is 1. The summed E-state index contributed by atoms with van der Waals surface area (Å²) < 4.78 is 0. The van der Waals surface area contributed by atoms with E-state index in [0.717, 1.165) is 19.5 Å². The Morgan fingerprint density at radius 2 is 2.31 bits per heavy atom. The Balaban J connectivity index is 0.00000144. The number of carbonyl (C=O) groups is 1. The highest BCUT2D eigenvalue weighted by atomic mass is 35.5. The molecule has 1 aliphatic rings. The van der Waals surface area contributed by atoms with E-state index in [1.807, 2.05) is 18.9 Å². The molecule has 1 N–H and O–H groups in total. The molecule has 1 fully saturated rings. The van der Waals surface area contributed by atoms with Gasteiger partial charge in [0.15, 0.2) is 0 Å². The smallest absolute Gasteiger partial charge is 0.222 e. The molecule has 0 aliphatic carbocycles. The monoisotopic (exact) mass is 206 g/mol. The third-order valence-electron chi connectivity index (χ3n) is 2.48. The van der Waals surface area contributed by atoms with Crippen LogP contribution in [0.25, 0.3) is 0 Å². The normalized spacial score (nSPS) is 22.3. The van der Waals surface area contributed by atoms with Crippen LogP contribution in [0.5, 0.6) is 0 Å². The van der Waals surface area contributed by atoms with Crippen LogP contribution in [0.4, 0.5) is 0 Å². The number of amides is 1. The van der Waals surface area contributed by atoms with Gasteiger partial charge in [0.25, 0.3) is 0 Å². The molecule has 1 rings (SSSR count). The van der Waals surface area contributed by atoms with Gasteiger partial charge in [-0.05, 0) is 19.9 Å². The number of likely N-dealkylation sites (tertiary alicyclic amines) is 1. The molecule has 1 aliphatic heterocycles. The van der Waals surface area contributed by atoms with Gasteiger partial charge in [-0.25, -0.2) is 0 Å². The first-order chi connectivity index (χ1) is 5.77. The topological polar surface area (TPSA) is 32.3 Å². The lowest BCUT2D eigenvalue weighted by molar-refractivity contribution is -0.132. The average Bonchev–Trinajstić information content (AvgIpc) is 2.17. The highest BCUT2D eigenvalue weighted by molar-refractivity contribution is 5.85. The number of hydrogen-bond acceptors (Lipinski definition) is 2. The lowest BCUT2D eigenvalue weighted by Gasteiger charge is -2.32. The fourth-order valence-electron chi connectivity index (χ4n) is 1.66. The predicted octanol–water partition coefficient (Wildman–Crippen LogP) is 1.03. The number of carbonyl (C=O) groups excluding carboxylic acids is 1. The number of piperidine rings is 1. The van der Waals surface area contributed by atoms with Gasteiger partial charge in [0.1, 0.15) is 0 Å². The lowest BCUT2D eigenvalue weighted by atomic mass is 10.1. The molecule has 0 saturated carbocycles. The van der Waals surface area contributed by atoms with Crippen molar-refractivity contribution in [3.63, 3.8) is 0 Å². The molecule has 0 unspecified atom stereocenters. The number of rotatable bonds is 2. The van der Waals surface area contributed by atoms with Crippen LogP contribution in [-0.2, 0) is 4.79 Å². The third-order valence-corrected chi connectivity index (χ3v) is 2.48. The van der Waals surface area contributed by atoms with Crippen molar-refractivity contribution in [2.24, 2.45) is 0 Å². The minimum atomic E-state index is 0. The molecule has 3 nitrogen and oxygen atoms in total. The lowest BCUT2D eigenvalue weighted by Crippen LogP contribution is -2.46. The van der Waals surface area contributed by atoms with Gasteiger partial charge >= 0.3 is 0 Å². The number of halogens is 1. The van der Waals surface area contributed by atoms with Gasteiger partial charge in [0.2, 0.25) is 5.91 Å². The summed E-state index contributed by atoms with van der Waals surface area (Å²) in [5.74, 6) is 0.287. The van der Waals surface area contributed by atoms with Gasteiger partial charge in [-0.15, -0.1) is 12.4 Å². The first-order valence-corrected chi connectivity index (χ1v) is 4.73. The van der Waals surface area contributed by atoms with Gasteiger partial charge in [-0.3, -0.25) is 4.79 Å². The first kappa shape index (κ1) is 12.7. The Kier molecular flexibility index (Phi) is 6.08. The Morgan fingerprint density at radius 1 is 1.62 bits per heavy atom. The molecule has 1 atom stereocenters. The van der Waals surface area contributed by atoms with Crippen LogP contribution in [-0.4, -0.2) is 37.0 Å². The highest BCUT2D eigenvalue weighted by Crippen LogP contribution is 2.10. The zero-order valence-electron chi connectivity index (χ0n) is 8.38. The van der Waals surface area contributed by atoms with Crippen molar-refractivity contribution >= 4 is 18.3 Å². The SMILES string of the molecule is CCC(=O)N1CCC[C@H](NC)C1.Cl. The molecule has 78 valence electrons. The van der Waals surface area contributed by atoms with Crippen LogP contribution >= 0.6 is 12.4 Å². The average molecular weight is 207 g/mol. The molecule has 1 saturated heterocycles. The molecule has 0 aromatic heterocycles. The van der Waals surface area contributed by atoms with Crippen molar-refractivity contribution in [2.75, 3.05) is 20.1 Å². The fraction of sp³-hybridized carbons (Fsp3) is 0.889. The first-order valence-electron chi connectivity index (χ1n) is 4.73. The fourth-order valence-corrected chi connectivity index (χ4v) is 1.66. The molecule has 0 aromatic carbocycles. The quantitative estimate of drug-likeness (QED) is 0.732. The Morgan fingerprint density at radius 3 is 2.85 bits per heavy atom. The van der Waals surface area contributed by atoms with E-state index in [0.29, 0.717) is 12.5 Å².